The van der Waals surface area contributed by atoms with E-state index in [2.05, 4.69) is 72.8 Å². The van der Waals surface area contributed by atoms with Gasteiger partial charge in [0.05, 0.1) is 11.9 Å². The maximum absolute atomic E-state index is 10.9. The average molecular weight is 497 g/mol. The number of aliphatic hydroxyl groups is 1. The lowest BCUT2D eigenvalue weighted by molar-refractivity contribution is 0.0307. The van der Waals surface area contributed by atoms with Gasteiger partial charge in [-0.15, -0.1) is 0 Å². The van der Waals surface area contributed by atoms with Gasteiger partial charge in [-0.1, -0.05) is 13.0 Å². The summed E-state index contributed by atoms with van der Waals surface area (Å²) < 4.78 is 0. The van der Waals surface area contributed by atoms with Crippen LogP contribution in [0, 0.1) is 11.3 Å². The fraction of sp³-hybridized carbons (Fsp3) is 0.429. The second-order valence-electron chi connectivity index (χ2n) is 10.5. The monoisotopic (exact) mass is 496 g/mol. The summed E-state index contributed by atoms with van der Waals surface area (Å²) in [6.07, 6.45) is 6.10. The predicted molar refractivity (Wildman–Crippen MR) is 143 cm³/mol. The van der Waals surface area contributed by atoms with Crippen molar-refractivity contribution in [2.45, 2.75) is 56.7 Å². The number of aromatic nitrogens is 3. The Morgan fingerprint density at radius 2 is 1.84 bits per heavy atom. The number of benzene rings is 1. The van der Waals surface area contributed by atoms with Crippen LogP contribution in [0.3, 0.4) is 0 Å². The number of nitrogens with zero attached hydrogens (tertiary/aromatic N) is 6. The number of likely N-dealkylation sites (tertiary alicyclic amines) is 1. The Bertz CT molecular complexity index is 1340. The quantitative estimate of drug-likeness (QED) is 0.465. The summed E-state index contributed by atoms with van der Waals surface area (Å²) in [5.41, 5.74) is 3.32. The number of hydrogen-bond acceptors (Lipinski definition) is 9. The van der Waals surface area contributed by atoms with Crippen molar-refractivity contribution in [2.24, 2.45) is 0 Å². The molecule has 3 N–H and O–H groups in total. The molecule has 0 spiro atoms. The molecule has 3 unspecified atom stereocenters. The normalized spacial score (nSPS) is 24.5. The zero-order chi connectivity index (χ0) is 25.6. The van der Waals surface area contributed by atoms with E-state index in [9.17, 15) is 10.4 Å². The number of nitriles is 1. The van der Waals surface area contributed by atoms with Crippen LogP contribution in [0.4, 0.5) is 29.0 Å². The molecule has 0 radical (unpaired) electrons. The summed E-state index contributed by atoms with van der Waals surface area (Å²) in [7, 11) is 2.21. The Morgan fingerprint density at radius 3 is 2.54 bits per heavy atom. The molecule has 0 amide bonds. The molecule has 190 valence electrons. The van der Waals surface area contributed by atoms with Gasteiger partial charge in [-0.25, -0.2) is 9.97 Å². The summed E-state index contributed by atoms with van der Waals surface area (Å²) in [4.78, 5) is 18.6. The molecule has 1 aromatic carbocycles. The third-order valence-corrected chi connectivity index (χ3v) is 8.05. The lowest BCUT2D eigenvalue weighted by Gasteiger charge is -2.41. The maximum Gasteiger partial charge on any atom is 0.229 e. The van der Waals surface area contributed by atoms with Crippen LogP contribution in [-0.2, 0) is 12.0 Å². The summed E-state index contributed by atoms with van der Waals surface area (Å²) in [6.45, 7) is 4.19. The van der Waals surface area contributed by atoms with E-state index in [0.717, 1.165) is 30.8 Å². The molecule has 9 nitrogen and oxygen atoms in total. The van der Waals surface area contributed by atoms with Gasteiger partial charge in [-0.2, -0.15) is 10.2 Å². The van der Waals surface area contributed by atoms with Crippen molar-refractivity contribution < 1.29 is 5.11 Å². The highest BCUT2D eigenvalue weighted by Gasteiger charge is 2.39. The topological polar surface area (TPSA) is 113 Å². The number of likely N-dealkylation sites (N-methyl/N-ethyl adjacent to an activating group) is 1. The van der Waals surface area contributed by atoms with E-state index in [-0.39, 0.29) is 0 Å². The van der Waals surface area contributed by atoms with Crippen LogP contribution in [0.1, 0.15) is 49.4 Å². The van der Waals surface area contributed by atoms with E-state index in [1.807, 2.05) is 19.1 Å². The van der Waals surface area contributed by atoms with Crippen molar-refractivity contribution in [1.82, 2.24) is 19.9 Å². The number of fused-ring (bicyclic) bond motifs is 3. The molecule has 0 saturated carbocycles. The highest BCUT2D eigenvalue weighted by atomic mass is 16.3. The standard InChI is InChI=1S/C28H32N8O/c1-3-28(37)13-12-18-4-11-24(32-25(18)28)33-26-19(14-29)15-30-27(34-26)31-20-5-7-21(8-6-20)36-22-9-10-23(36)17-35(2)16-22/h4-8,11,15,22-23,37H,3,9-10,12-13,16-17H2,1-2H3,(H2,30,31,32,33,34). The van der Waals surface area contributed by atoms with Crippen molar-refractivity contribution in [3.63, 3.8) is 0 Å². The first-order chi connectivity index (χ1) is 18.0. The highest BCUT2D eigenvalue weighted by molar-refractivity contribution is 5.65. The molecule has 2 aromatic heterocycles. The molecule has 2 fully saturated rings. The Labute approximate surface area is 217 Å². The molecule has 3 atom stereocenters. The maximum atomic E-state index is 10.9. The van der Waals surface area contributed by atoms with Crippen LogP contribution < -0.4 is 15.5 Å². The van der Waals surface area contributed by atoms with Crippen LogP contribution in [0.15, 0.2) is 42.6 Å². The highest BCUT2D eigenvalue weighted by Crippen LogP contribution is 2.39. The molecule has 2 aliphatic heterocycles. The Kier molecular flexibility index (Phi) is 5.94. The molecule has 9 heteroatoms. The van der Waals surface area contributed by atoms with Gasteiger partial charge in [-0.3, -0.25) is 0 Å². The Hall–Kier alpha value is -3.74. The first-order valence-electron chi connectivity index (χ1n) is 13.1. The zero-order valence-electron chi connectivity index (χ0n) is 21.3. The van der Waals surface area contributed by atoms with Gasteiger partial charge >= 0.3 is 0 Å². The summed E-state index contributed by atoms with van der Waals surface area (Å²) in [6, 6.07) is 15.6. The van der Waals surface area contributed by atoms with Gasteiger partial charge in [0.1, 0.15) is 23.1 Å². The Balaban J connectivity index is 1.20. The number of piperazine rings is 1. The third-order valence-electron chi connectivity index (χ3n) is 8.05. The number of aryl methyl sites for hydroxylation is 1. The molecule has 4 heterocycles. The smallest absolute Gasteiger partial charge is 0.229 e. The number of pyridine rings is 1. The van der Waals surface area contributed by atoms with Gasteiger partial charge in [0.15, 0.2) is 5.82 Å². The van der Waals surface area contributed by atoms with Crippen molar-refractivity contribution in [2.75, 3.05) is 35.7 Å². The average Bonchev–Trinajstić information content (AvgIpc) is 3.38. The molecule has 37 heavy (non-hydrogen) atoms. The first kappa shape index (κ1) is 23.6. The van der Waals surface area contributed by atoms with Crippen LogP contribution >= 0.6 is 0 Å². The lowest BCUT2D eigenvalue weighted by atomic mass is 9.98. The number of nitrogens with one attached hydrogen (secondary N) is 2. The van der Waals surface area contributed by atoms with Crippen molar-refractivity contribution in [3.8, 4) is 6.07 Å². The van der Waals surface area contributed by atoms with Crippen molar-refractivity contribution >= 4 is 29.0 Å². The number of anilines is 5. The largest absolute Gasteiger partial charge is 0.384 e. The Morgan fingerprint density at radius 1 is 1.08 bits per heavy atom. The second kappa shape index (κ2) is 9.29. The SMILES string of the molecule is CCC1(O)CCc2ccc(Nc3nc(Nc4ccc(N5C6CCC5CN(C)C6)cc4)ncc3C#N)nc21. The minimum atomic E-state index is -0.903. The fourth-order valence-corrected chi connectivity index (χ4v) is 6.09. The molecular weight excluding hydrogens is 464 g/mol. The van der Waals surface area contributed by atoms with E-state index < -0.39 is 5.60 Å². The van der Waals surface area contributed by atoms with Crippen LogP contribution in [-0.4, -0.2) is 57.2 Å². The van der Waals surface area contributed by atoms with E-state index in [1.165, 1.54) is 24.7 Å². The fourth-order valence-electron chi connectivity index (χ4n) is 6.09. The molecule has 1 aliphatic carbocycles. The molecule has 6 rings (SSSR count). The third kappa shape index (κ3) is 4.37. The zero-order valence-corrected chi connectivity index (χ0v) is 21.3. The minimum Gasteiger partial charge on any atom is -0.384 e. The van der Waals surface area contributed by atoms with Crippen LogP contribution in [0.25, 0.3) is 0 Å². The minimum absolute atomic E-state index is 0.319. The summed E-state index contributed by atoms with van der Waals surface area (Å²) >= 11 is 0. The van der Waals surface area contributed by atoms with E-state index in [4.69, 9.17) is 0 Å². The van der Waals surface area contributed by atoms with Gasteiger partial charge in [-0.05, 0) is 75.0 Å². The van der Waals surface area contributed by atoms with Crippen LogP contribution in [0.2, 0.25) is 0 Å². The van der Waals surface area contributed by atoms with E-state index in [1.54, 1.807) is 0 Å². The van der Waals surface area contributed by atoms with E-state index >= 15 is 0 Å². The second-order valence-corrected chi connectivity index (χ2v) is 10.5. The van der Waals surface area contributed by atoms with Crippen LogP contribution in [0.5, 0.6) is 0 Å². The van der Waals surface area contributed by atoms with E-state index in [0.29, 0.717) is 53.8 Å². The number of rotatable bonds is 6. The molecule has 3 aliphatic rings. The molecule has 2 bridgehead atoms. The number of hydrogen-bond donors (Lipinski definition) is 3. The lowest BCUT2D eigenvalue weighted by Crippen LogP contribution is -2.52. The van der Waals surface area contributed by atoms with Gasteiger partial charge in [0.25, 0.3) is 0 Å². The summed E-state index contributed by atoms with van der Waals surface area (Å²) in [5, 5.41) is 27.0. The first-order valence-corrected chi connectivity index (χ1v) is 13.1. The molecule has 3 aromatic rings. The molecule has 2 saturated heterocycles. The van der Waals surface area contributed by atoms with Crippen molar-refractivity contribution in [3.05, 3.63) is 59.4 Å². The van der Waals surface area contributed by atoms with Gasteiger partial charge in [0, 0.05) is 36.5 Å². The molecular formula is C28H32N8O. The van der Waals surface area contributed by atoms with Crippen molar-refractivity contribution in [1.29, 1.82) is 5.26 Å². The summed E-state index contributed by atoms with van der Waals surface area (Å²) in [5.74, 6) is 1.30. The van der Waals surface area contributed by atoms with Gasteiger partial charge < -0.3 is 25.5 Å². The predicted octanol–water partition coefficient (Wildman–Crippen LogP) is 4.06. The van der Waals surface area contributed by atoms with Gasteiger partial charge in [0.2, 0.25) is 5.95 Å².